The molecule has 1 aromatic carbocycles. The molecule has 0 spiro atoms. The zero-order valence-electron chi connectivity index (χ0n) is 11.9. The van der Waals surface area contributed by atoms with E-state index >= 15 is 0 Å². The molecule has 0 aliphatic carbocycles. The summed E-state index contributed by atoms with van der Waals surface area (Å²) in [4.78, 5) is 11.8. The summed E-state index contributed by atoms with van der Waals surface area (Å²) in [5.74, 6) is 0.406. The normalized spacial score (nSPS) is 12.2. The van der Waals surface area contributed by atoms with Gasteiger partial charge in [0.15, 0.2) is 6.61 Å². The highest BCUT2D eigenvalue weighted by Gasteiger charge is 2.28. The molecule has 0 saturated heterocycles. The fourth-order valence-electron chi connectivity index (χ4n) is 1.44. The molecule has 0 aliphatic rings. The Morgan fingerprint density at radius 1 is 1.45 bits per heavy atom. The molecule has 1 aromatic rings. The maximum atomic E-state index is 12.1. The first-order chi connectivity index (χ1) is 9.81. The van der Waals surface area contributed by atoms with Gasteiger partial charge in [0.05, 0.1) is 6.04 Å². The molecule has 0 unspecified atom stereocenters. The first kappa shape index (κ1) is 20.9. The molecule has 1 atom stereocenters. The highest BCUT2D eigenvalue weighted by Crippen LogP contribution is 2.21. The average molecular weight is 359 g/mol. The van der Waals surface area contributed by atoms with Crippen LogP contribution in [0.25, 0.3) is 0 Å². The van der Waals surface area contributed by atoms with Gasteiger partial charge in [-0.1, -0.05) is 6.07 Å². The van der Waals surface area contributed by atoms with Crippen molar-refractivity contribution in [2.24, 2.45) is 5.73 Å². The highest BCUT2D eigenvalue weighted by molar-refractivity contribution is 7.98. The number of hydrogen-bond acceptors (Lipinski definition) is 4. The van der Waals surface area contributed by atoms with Crippen LogP contribution >= 0.6 is 24.2 Å². The Balaban J connectivity index is 0.00000441. The Labute approximate surface area is 137 Å². The van der Waals surface area contributed by atoms with Gasteiger partial charge in [-0.25, -0.2) is 0 Å². The number of carbonyl (C=O) groups is 1. The van der Waals surface area contributed by atoms with Gasteiger partial charge in [-0.05, 0) is 30.6 Å². The van der Waals surface area contributed by atoms with Crippen LogP contribution in [0.15, 0.2) is 24.3 Å². The summed E-state index contributed by atoms with van der Waals surface area (Å²) in [6, 6.07) is 5.10. The monoisotopic (exact) mass is 358 g/mol. The maximum absolute atomic E-state index is 12.1. The number of ether oxygens (including phenoxy) is 1. The van der Waals surface area contributed by atoms with Crippen molar-refractivity contribution in [2.45, 2.75) is 18.6 Å². The van der Waals surface area contributed by atoms with Crippen LogP contribution in [0.3, 0.4) is 0 Å². The van der Waals surface area contributed by atoms with Crippen molar-refractivity contribution in [3.8, 4) is 5.75 Å². The molecule has 0 fully saturated rings. The van der Waals surface area contributed by atoms with E-state index in [-0.39, 0.29) is 24.1 Å². The first-order valence-electron chi connectivity index (χ1n) is 6.17. The summed E-state index contributed by atoms with van der Waals surface area (Å²) < 4.78 is 40.8. The third-order valence-electron chi connectivity index (χ3n) is 2.47. The summed E-state index contributed by atoms with van der Waals surface area (Å²) in [5, 5.41) is 2.55. The lowest BCUT2D eigenvalue weighted by Crippen LogP contribution is -2.36. The van der Waals surface area contributed by atoms with Crippen molar-refractivity contribution >= 4 is 35.8 Å². The van der Waals surface area contributed by atoms with Gasteiger partial charge in [0, 0.05) is 11.8 Å². The number of halogens is 4. The van der Waals surface area contributed by atoms with Crippen molar-refractivity contribution in [3.05, 3.63) is 24.3 Å². The third kappa shape index (κ3) is 8.35. The van der Waals surface area contributed by atoms with E-state index in [1.807, 2.05) is 6.26 Å². The number of nitrogens with two attached hydrogens (primary N) is 1. The molecule has 1 rings (SSSR count). The minimum Gasteiger partial charge on any atom is -0.484 e. The van der Waals surface area contributed by atoms with Gasteiger partial charge in [0.25, 0.3) is 0 Å². The van der Waals surface area contributed by atoms with Crippen LogP contribution in [-0.4, -0.2) is 36.7 Å². The zero-order chi connectivity index (χ0) is 15.9. The second-order valence-electron chi connectivity index (χ2n) is 4.31. The molecule has 0 bridgehead atoms. The number of anilines is 1. The largest absolute Gasteiger partial charge is 0.484 e. The number of alkyl halides is 3. The van der Waals surface area contributed by atoms with Crippen molar-refractivity contribution in [1.82, 2.24) is 0 Å². The third-order valence-corrected chi connectivity index (χ3v) is 3.12. The fraction of sp³-hybridized carbons (Fsp3) is 0.462. The van der Waals surface area contributed by atoms with E-state index in [1.54, 1.807) is 17.8 Å². The minimum atomic E-state index is -4.40. The van der Waals surface area contributed by atoms with Crippen molar-refractivity contribution < 1.29 is 22.7 Å². The molecule has 0 heterocycles. The SMILES string of the molecule is CSCC[C@H](N)C(=O)Nc1cccc(OCC(F)(F)F)c1.Cl. The lowest BCUT2D eigenvalue weighted by Gasteiger charge is -2.13. The first-order valence-corrected chi connectivity index (χ1v) is 7.56. The highest BCUT2D eigenvalue weighted by atomic mass is 35.5. The van der Waals surface area contributed by atoms with Gasteiger partial charge >= 0.3 is 6.18 Å². The predicted molar refractivity (Wildman–Crippen MR) is 84.8 cm³/mol. The van der Waals surface area contributed by atoms with Crippen LogP contribution in [0.5, 0.6) is 5.75 Å². The van der Waals surface area contributed by atoms with E-state index in [1.165, 1.54) is 18.2 Å². The Hall–Kier alpha value is -1.12. The molecule has 0 radical (unpaired) electrons. The van der Waals surface area contributed by atoms with Crippen molar-refractivity contribution in [1.29, 1.82) is 0 Å². The van der Waals surface area contributed by atoms with E-state index < -0.39 is 18.8 Å². The molecule has 126 valence electrons. The van der Waals surface area contributed by atoms with Crippen molar-refractivity contribution in [3.63, 3.8) is 0 Å². The summed E-state index contributed by atoms with van der Waals surface area (Å²) in [7, 11) is 0. The topological polar surface area (TPSA) is 64.4 Å². The van der Waals surface area contributed by atoms with E-state index in [0.29, 0.717) is 12.1 Å². The Kier molecular flexibility index (Phi) is 9.31. The molecule has 1 amide bonds. The number of amides is 1. The second-order valence-corrected chi connectivity index (χ2v) is 5.29. The molecule has 0 aliphatic heterocycles. The number of carbonyl (C=O) groups excluding carboxylic acids is 1. The van der Waals surface area contributed by atoms with Gasteiger partial charge < -0.3 is 15.8 Å². The Morgan fingerprint density at radius 2 is 2.14 bits per heavy atom. The standard InChI is InChI=1S/C13H17F3N2O2S.ClH/c1-21-6-5-11(17)12(19)18-9-3-2-4-10(7-9)20-8-13(14,15)16;/h2-4,7,11H,5-6,8,17H2,1H3,(H,18,19);1H/t11-;/m0./s1. The predicted octanol–water partition coefficient (Wildman–Crippen LogP) is 3.07. The molecule has 0 aromatic heterocycles. The summed E-state index contributed by atoms with van der Waals surface area (Å²) in [6.07, 6.45) is -1.97. The number of benzene rings is 1. The smallest absolute Gasteiger partial charge is 0.422 e. The van der Waals surface area contributed by atoms with E-state index in [9.17, 15) is 18.0 Å². The van der Waals surface area contributed by atoms with Crippen LogP contribution in [0.4, 0.5) is 18.9 Å². The Bertz CT molecular complexity index is 475. The number of hydrogen-bond donors (Lipinski definition) is 2. The Morgan fingerprint density at radius 3 is 2.73 bits per heavy atom. The average Bonchev–Trinajstić information content (AvgIpc) is 2.42. The molecule has 22 heavy (non-hydrogen) atoms. The fourth-order valence-corrected chi connectivity index (χ4v) is 1.93. The molecular weight excluding hydrogens is 341 g/mol. The van der Waals surface area contributed by atoms with E-state index in [0.717, 1.165) is 5.75 Å². The van der Waals surface area contributed by atoms with Crippen LogP contribution < -0.4 is 15.8 Å². The van der Waals surface area contributed by atoms with Crippen molar-refractivity contribution in [2.75, 3.05) is 23.9 Å². The van der Waals surface area contributed by atoms with Crippen LogP contribution in [0, 0.1) is 0 Å². The maximum Gasteiger partial charge on any atom is 0.422 e. The van der Waals surface area contributed by atoms with E-state index in [2.05, 4.69) is 10.1 Å². The second kappa shape index (κ2) is 9.81. The zero-order valence-corrected chi connectivity index (χ0v) is 13.5. The van der Waals surface area contributed by atoms with Gasteiger partial charge in [-0.2, -0.15) is 24.9 Å². The lowest BCUT2D eigenvalue weighted by molar-refractivity contribution is -0.153. The van der Waals surface area contributed by atoms with Crippen LogP contribution in [0.1, 0.15) is 6.42 Å². The van der Waals surface area contributed by atoms with Gasteiger partial charge in [0.1, 0.15) is 5.75 Å². The minimum absolute atomic E-state index is 0. The molecular formula is C13H18ClF3N2O2S. The summed E-state index contributed by atoms with van der Waals surface area (Å²) in [6.45, 7) is -1.38. The molecule has 4 nitrogen and oxygen atoms in total. The number of nitrogens with one attached hydrogen (secondary N) is 1. The van der Waals surface area contributed by atoms with Gasteiger partial charge in [-0.3, -0.25) is 4.79 Å². The van der Waals surface area contributed by atoms with E-state index in [4.69, 9.17) is 5.73 Å². The number of thioether (sulfide) groups is 1. The van der Waals surface area contributed by atoms with Gasteiger partial charge in [-0.15, -0.1) is 12.4 Å². The summed E-state index contributed by atoms with van der Waals surface area (Å²) in [5.41, 5.74) is 6.05. The molecule has 9 heteroatoms. The quantitative estimate of drug-likeness (QED) is 0.786. The van der Waals surface area contributed by atoms with Crippen LogP contribution in [-0.2, 0) is 4.79 Å². The lowest BCUT2D eigenvalue weighted by atomic mass is 10.2. The number of rotatable bonds is 7. The van der Waals surface area contributed by atoms with Crippen LogP contribution in [0.2, 0.25) is 0 Å². The van der Waals surface area contributed by atoms with Gasteiger partial charge in [0.2, 0.25) is 5.91 Å². The summed E-state index contributed by atoms with van der Waals surface area (Å²) >= 11 is 1.58. The molecule has 3 N–H and O–H groups in total. The molecule has 0 saturated carbocycles.